The Morgan fingerprint density at radius 2 is 1.96 bits per heavy atom. The second-order valence-electron chi connectivity index (χ2n) is 5.14. The highest BCUT2D eigenvalue weighted by molar-refractivity contribution is 5.86. The molecule has 0 aliphatic heterocycles. The van der Waals surface area contributed by atoms with Gasteiger partial charge in [0.05, 0.1) is 24.8 Å². The van der Waals surface area contributed by atoms with E-state index < -0.39 is 6.09 Å². The molecule has 0 fully saturated rings. The zero-order valence-electron chi connectivity index (χ0n) is 13.4. The van der Waals surface area contributed by atoms with Gasteiger partial charge in [-0.15, -0.1) is 0 Å². The van der Waals surface area contributed by atoms with Gasteiger partial charge in [-0.2, -0.15) is 0 Å². The monoisotopic (exact) mass is 323 g/mol. The smallest absolute Gasteiger partial charge is 0.417 e. The Hall–Kier alpha value is -3.28. The molecule has 0 bridgehead atoms. The second-order valence-corrected chi connectivity index (χ2v) is 5.14. The van der Waals surface area contributed by atoms with Gasteiger partial charge in [0.25, 0.3) is 0 Å². The summed E-state index contributed by atoms with van der Waals surface area (Å²) in [6.07, 6.45) is 3.05. The highest BCUT2D eigenvalue weighted by Gasteiger charge is 2.10. The maximum Gasteiger partial charge on any atom is 0.417 e. The van der Waals surface area contributed by atoms with Crippen LogP contribution in [-0.4, -0.2) is 22.8 Å². The van der Waals surface area contributed by atoms with Gasteiger partial charge in [-0.3, -0.25) is 5.32 Å². The van der Waals surface area contributed by atoms with Crippen LogP contribution in [0.3, 0.4) is 0 Å². The van der Waals surface area contributed by atoms with Gasteiger partial charge in [-0.1, -0.05) is 18.2 Å². The predicted molar refractivity (Wildman–Crippen MR) is 90.9 cm³/mol. The molecule has 0 unspecified atom stereocenters. The Morgan fingerprint density at radius 3 is 2.62 bits per heavy atom. The maximum absolute atomic E-state index is 12.0. The Morgan fingerprint density at radius 1 is 1.17 bits per heavy atom. The van der Waals surface area contributed by atoms with Crippen molar-refractivity contribution in [2.45, 2.75) is 6.92 Å². The van der Waals surface area contributed by atoms with Gasteiger partial charge in [-0.05, 0) is 31.2 Å². The number of carbonyl (C=O) groups is 1. The Kier molecular flexibility index (Phi) is 4.47. The van der Waals surface area contributed by atoms with Crippen LogP contribution in [0.4, 0.5) is 10.5 Å². The molecule has 1 aromatic heterocycles. The number of aryl methyl sites for hydroxylation is 1. The van der Waals surface area contributed by atoms with Crippen LogP contribution in [0.5, 0.6) is 11.5 Å². The first-order valence-electron chi connectivity index (χ1n) is 7.38. The quantitative estimate of drug-likeness (QED) is 0.793. The molecule has 0 saturated heterocycles. The van der Waals surface area contributed by atoms with Crippen molar-refractivity contribution in [3.63, 3.8) is 0 Å². The van der Waals surface area contributed by atoms with E-state index in [0.29, 0.717) is 17.2 Å². The number of aromatic nitrogens is 2. The number of hydrogen-bond acceptors (Lipinski definition) is 4. The Bertz CT molecular complexity index is 844. The number of benzene rings is 2. The minimum atomic E-state index is -0.561. The fourth-order valence-electron chi connectivity index (χ4n) is 2.26. The molecule has 1 N–H and O–H groups in total. The zero-order chi connectivity index (χ0) is 16.9. The molecule has 6 heteroatoms. The van der Waals surface area contributed by atoms with E-state index in [2.05, 4.69) is 10.3 Å². The first-order valence-corrected chi connectivity index (χ1v) is 7.38. The van der Waals surface area contributed by atoms with Crippen molar-refractivity contribution in [2.75, 3.05) is 12.4 Å². The molecule has 0 aliphatic carbocycles. The van der Waals surface area contributed by atoms with Crippen LogP contribution >= 0.6 is 0 Å². The molecule has 24 heavy (non-hydrogen) atoms. The topological polar surface area (TPSA) is 65.4 Å². The average Bonchev–Trinajstić information content (AvgIpc) is 3.01. The van der Waals surface area contributed by atoms with Crippen molar-refractivity contribution in [3.05, 3.63) is 66.7 Å². The van der Waals surface area contributed by atoms with Crippen LogP contribution in [0.2, 0.25) is 0 Å². The summed E-state index contributed by atoms with van der Waals surface area (Å²) in [6, 6.07) is 14.2. The van der Waals surface area contributed by atoms with Gasteiger partial charge >= 0.3 is 6.09 Å². The molecule has 6 nitrogen and oxygen atoms in total. The third-order valence-electron chi connectivity index (χ3n) is 3.37. The van der Waals surface area contributed by atoms with Crippen LogP contribution in [-0.2, 0) is 0 Å². The van der Waals surface area contributed by atoms with Crippen LogP contribution < -0.4 is 14.8 Å². The van der Waals surface area contributed by atoms with Crippen molar-refractivity contribution in [2.24, 2.45) is 0 Å². The van der Waals surface area contributed by atoms with Crippen molar-refractivity contribution in [1.29, 1.82) is 0 Å². The summed E-state index contributed by atoms with van der Waals surface area (Å²) in [7, 11) is 1.58. The molecular weight excluding hydrogens is 306 g/mol. The lowest BCUT2D eigenvalue weighted by atomic mass is 10.2. The van der Waals surface area contributed by atoms with Crippen LogP contribution in [0, 0.1) is 6.92 Å². The van der Waals surface area contributed by atoms with Gasteiger partial charge in [-0.25, -0.2) is 9.78 Å². The predicted octanol–water partition coefficient (Wildman–Crippen LogP) is 3.80. The number of carbonyl (C=O) groups excluding carboxylic acids is 1. The molecular formula is C18H17N3O3. The molecule has 0 aliphatic rings. The van der Waals surface area contributed by atoms with E-state index in [4.69, 9.17) is 9.47 Å². The van der Waals surface area contributed by atoms with Crippen molar-refractivity contribution in [3.8, 4) is 17.2 Å². The minimum absolute atomic E-state index is 0.479. The van der Waals surface area contributed by atoms with Crippen molar-refractivity contribution >= 4 is 11.8 Å². The van der Waals surface area contributed by atoms with Crippen LogP contribution in [0.15, 0.2) is 61.1 Å². The highest BCUT2D eigenvalue weighted by atomic mass is 16.6. The summed E-state index contributed by atoms with van der Waals surface area (Å²) in [4.78, 5) is 16.2. The maximum atomic E-state index is 12.0. The fraction of sp³-hybridized carbons (Fsp3) is 0.111. The van der Waals surface area contributed by atoms with Crippen molar-refractivity contribution in [1.82, 2.24) is 9.55 Å². The number of nitrogens with zero attached hydrogens (tertiary/aromatic N) is 2. The molecule has 3 rings (SSSR count). The van der Waals surface area contributed by atoms with Gasteiger partial charge in [0.2, 0.25) is 0 Å². The molecule has 0 spiro atoms. The summed E-state index contributed by atoms with van der Waals surface area (Å²) in [5, 5.41) is 2.68. The highest BCUT2D eigenvalue weighted by Crippen LogP contribution is 2.27. The number of ether oxygens (including phenoxy) is 2. The van der Waals surface area contributed by atoms with E-state index in [1.54, 1.807) is 49.8 Å². The van der Waals surface area contributed by atoms with Gasteiger partial charge in [0.15, 0.2) is 0 Å². The standard InChI is InChI=1S/C18H17N3O3/c1-13-11-21(12-19-13)16-9-8-14(10-17(16)23-2)20-18(22)24-15-6-4-3-5-7-15/h3-12H,1-2H3,(H,20,22). The molecule has 1 amide bonds. The number of imidazole rings is 1. The SMILES string of the molecule is COc1cc(NC(=O)Oc2ccccc2)ccc1-n1cnc(C)c1. The fourth-order valence-corrected chi connectivity index (χ4v) is 2.26. The minimum Gasteiger partial charge on any atom is -0.494 e. The first kappa shape index (κ1) is 15.6. The molecule has 122 valence electrons. The first-order chi connectivity index (χ1) is 11.7. The van der Waals surface area contributed by atoms with E-state index >= 15 is 0 Å². The molecule has 0 radical (unpaired) electrons. The molecule has 1 heterocycles. The summed E-state index contributed by atoms with van der Waals surface area (Å²) in [5.74, 6) is 1.09. The summed E-state index contributed by atoms with van der Waals surface area (Å²) in [5.41, 5.74) is 2.32. The molecule has 3 aromatic rings. The molecule has 2 aromatic carbocycles. The molecule has 0 atom stereocenters. The lowest BCUT2D eigenvalue weighted by Gasteiger charge is -2.12. The number of nitrogens with one attached hydrogen (secondary N) is 1. The number of para-hydroxylation sites is 1. The van der Waals surface area contributed by atoms with Gasteiger partial charge in [0.1, 0.15) is 11.5 Å². The number of methoxy groups -OCH3 is 1. The van der Waals surface area contributed by atoms with Crippen LogP contribution in [0.1, 0.15) is 5.69 Å². The molecule has 0 saturated carbocycles. The lowest BCUT2D eigenvalue weighted by Crippen LogP contribution is -2.16. The normalized spacial score (nSPS) is 10.2. The van der Waals surface area contributed by atoms with E-state index in [9.17, 15) is 4.79 Å². The largest absolute Gasteiger partial charge is 0.494 e. The Balaban J connectivity index is 1.76. The van der Waals surface area contributed by atoms with E-state index in [1.807, 2.05) is 29.8 Å². The number of anilines is 1. The van der Waals surface area contributed by atoms with E-state index in [0.717, 1.165) is 11.4 Å². The second kappa shape index (κ2) is 6.87. The van der Waals surface area contributed by atoms with E-state index in [1.165, 1.54) is 0 Å². The third kappa shape index (κ3) is 3.55. The van der Waals surface area contributed by atoms with E-state index in [-0.39, 0.29) is 0 Å². The summed E-state index contributed by atoms with van der Waals surface area (Å²) < 4.78 is 12.5. The zero-order valence-corrected chi connectivity index (χ0v) is 13.4. The number of amides is 1. The van der Waals surface area contributed by atoms with Crippen molar-refractivity contribution < 1.29 is 14.3 Å². The third-order valence-corrected chi connectivity index (χ3v) is 3.37. The lowest BCUT2D eigenvalue weighted by molar-refractivity contribution is 0.215. The summed E-state index contributed by atoms with van der Waals surface area (Å²) >= 11 is 0. The number of hydrogen-bond donors (Lipinski definition) is 1. The summed E-state index contributed by atoms with van der Waals surface area (Å²) in [6.45, 7) is 1.92. The van der Waals surface area contributed by atoms with Crippen LogP contribution in [0.25, 0.3) is 5.69 Å². The van der Waals surface area contributed by atoms with Gasteiger partial charge in [0, 0.05) is 18.0 Å². The average molecular weight is 323 g/mol. The Labute approximate surface area is 139 Å². The van der Waals surface area contributed by atoms with Gasteiger partial charge < -0.3 is 14.0 Å². The number of rotatable bonds is 4.